The van der Waals surface area contributed by atoms with Gasteiger partial charge in [-0.25, -0.2) is 0 Å². The van der Waals surface area contributed by atoms with Crippen LogP contribution in [-0.2, 0) is 4.74 Å². The lowest BCUT2D eigenvalue weighted by Gasteiger charge is -2.34. The van der Waals surface area contributed by atoms with Crippen LogP contribution < -0.4 is 0 Å². The first-order chi connectivity index (χ1) is 6.99. The summed E-state index contributed by atoms with van der Waals surface area (Å²) in [5.74, 6) is 1.92. The lowest BCUT2D eigenvalue weighted by Crippen LogP contribution is -2.34. The molecule has 0 aromatic rings. The molecular weight excluding hydrogens is 188 g/mol. The minimum Gasteiger partial charge on any atom is -0.396 e. The molecule has 0 saturated heterocycles. The third-order valence-corrected chi connectivity index (χ3v) is 4.01. The molecule has 5 unspecified atom stereocenters. The van der Waals surface area contributed by atoms with Gasteiger partial charge in [0.2, 0.25) is 0 Å². The number of ether oxygens (including phenoxy) is 1. The Morgan fingerprint density at radius 1 is 1.00 bits per heavy atom. The first kappa shape index (κ1) is 14.9. The normalized spacial score (nSPS) is 21.8. The summed E-state index contributed by atoms with van der Waals surface area (Å²) in [5.41, 5.74) is 0. The van der Waals surface area contributed by atoms with E-state index in [9.17, 15) is 0 Å². The number of rotatable bonds is 7. The van der Waals surface area contributed by atoms with Gasteiger partial charge in [-0.15, -0.1) is 0 Å². The number of aliphatic hydroxyl groups excluding tert-OH is 1. The second kappa shape index (κ2) is 7.24. The highest BCUT2D eigenvalue weighted by Crippen LogP contribution is 2.29. The Labute approximate surface area is 95.0 Å². The van der Waals surface area contributed by atoms with Gasteiger partial charge in [0.1, 0.15) is 0 Å². The van der Waals surface area contributed by atoms with E-state index in [1.54, 1.807) is 7.11 Å². The highest BCUT2D eigenvalue weighted by Gasteiger charge is 2.29. The fourth-order valence-corrected chi connectivity index (χ4v) is 2.18. The van der Waals surface area contributed by atoms with Gasteiger partial charge in [0.25, 0.3) is 0 Å². The van der Waals surface area contributed by atoms with E-state index in [0.29, 0.717) is 29.8 Å². The molecule has 0 aromatic heterocycles. The fourth-order valence-electron chi connectivity index (χ4n) is 2.18. The molecule has 0 aliphatic heterocycles. The number of aliphatic hydroxyl groups is 1. The third kappa shape index (κ3) is 4.12. The molecule has 0 spiro atoms. The monoisotopic (exact) mass is 216 g/mol. The molecule has 0 saturated carbocycles. The number of hydrogen-bond acceptors (Lipinski definition) is 2. The molecule has 92 valence electrons. The van der Waals surface area contributed by atoms with Crippen molar-refractivity contribution in [3.63, 3.8) is 0 Å². The summed E-state index contributed by atoms with van der Waals surface area (Å²) in [6.45, 7) is 11.2. The van der Waals surface area contributed by atoms with Crippen molar-refractivity contribution in [2.24, 2.45) is 23.7 Å². The van der Waals surface area contributed by atoms with E-state index < -0.39 is 0 Å². The van der Waals surface area contributed by atoms with Gasteiger partial charge in [0, 0.05) is 13.7 Å². The molecule has 0 bridgehead atoms. The van der Waals surface area contributed by atoms with E-state index in [4.69, 9.17) is 9.84 Å². The van der Waals surface area contributed by atoms with E-state index in [1.807, 2.05) is 0 Å². The summed E-state index contributed by atoms with van der Waals surface area (Å²) in [4.78, 5) is 0. The molecule has 0 aromatic carbocycles. The first-order valence-corrected chi connectivity index (χ1v) is 6.13. The molecule has 0 rings (SSSR count). The van der Waals surface area contributed by atoms with Crippen LogP contribution in [0, 0.1) is 23.7 Å². The van der Waals surface area contributed by atoms with Crippen molar-refractivity contribution < 1.29 is 9.84 Å². The van der Waals surface area contributed by atoms with Crippen LogP contribution in [0.3, 0.4) is 0 Å². The van der Waals surface area contributed by atoms with E-state index in [0.717, 1.165) is 6.42 Å². The van der Waals surface area contributed by atoms with Crippen molar-refractivity contribution in [3.05, 3.63) is 0 Å². The van der Waals surface area contributed by atoms with Crippen LogP contribution >= 0.6 is 0 Å². The lowest BCUT2D eigenvalue weighted by atomic mass is 9.78. The Kier molecular flexibility index (Phi) is 7.20. The molecule has 15 heavy (non-hydrogen) atoms. The van der Waals surface area contributed by atoms with Crippen LogP contribution in [0.1, 0.15) is 41.0 Å². The topological polar surface area (TPSA) is 29.5 Å². The zero-order chi connectivity index (χ0) is 12.0. The smallest absolute Gasteiger partial charge is 0.0624 e. The maximum Gasteiger partial charge on any atom is 0.0624 e. The van der Waals surface area contributed by atoms with Crippen LogP contribution in [0.4, 0.5) is 0 Å². The second-order valence-corrected chi connectivity index (χ2v) is 4.96. The van der Waals surface area contributed by atoms with Crippen LogP contribution in [-0.4, -0.2) is 24.9 Å². The van der Waals surface area contributed by atoms with Crippen molar-refractivity contribution in [1.82, 2.24) is 0 Å². The summed E-state index contributed by atoms with van der Waals surface area (Å²) >= 11 is 0. The van der Waals surface area contributed by atoms with Gasteiger partial charge >= 0.3 is 0 Å². The Morgan fingerprint density at radius 3 is 1.87 bits per heavy atom. The Balaban J connectivity index is 4.42. The standard InChI is InChI=1S/C13H28O2/c1-7-9(2)13(15-6)12(5)11(4)10(3)8-14/h9-14H,7-8H2,1-6H3. The van der Waals surface area contributed by atoms with Gasteiger partial charge in [-0.1, -0.05) is 41.0 Å². The molecular formula is C13H28O2. The van der Waals surface area contributed by atoms with Gasteiger partial charge in [-0.05, 0) is 23.7 Å². The average Bonchev–Trinajstić information content (AvgIpc) is 2.27. The lowest BCUT2D eigenvalue weighted by molar-refractivity contribution is -0.0151. The Bertz CT molecular complexity index is 159. The largest absolute Gasteiger partial charge is 0.396 e. The van der Waals surface area contributed by atoms with Crippen molar-refractivity contribution in [2.75, 3.05) is 13.7 Å². The van der Waals surface area contributed by atoms with E-state index in [-0.39, 0.29) is 6.61 Å². The Morgan fingerprint density at radius 2 is 1.53 bits per heavy atom. The molecule has 2 heteroatoms. The highest BCUT2D eigenvalue weighted by molar-refractivity contribution is 4.78. The van der Waals surface area contributed by atoms with Gasteiger partial charge in [-0.2, -0.15) is 0 Å². The molecule has 2 nitrogen and oxygen atoms in total. The van der Waals surface area contributed by atoms with Gasteiger partial charge in [-0.3, -0.25) is 0 Å². The maximum atomic E-state index is 9.16. The van der Waals surface area contributed by atoms with E-state index in [1.165, 1.54) is 0 Å². The van der Waals surface area contributed by atoms with Crippen molar-refractivity contribution in [2.45, 2.75) is 47.1 Å². The van der Waals surface area contributed by atoms with Gasteiger partial charge in [0.05, 0.1) is 6.10 Å². The summed E-state index contributed by atoms with van der Waals surface area (Å²) in [5, 5.41) is 9.16. The Hall–Kier alpha value is -0.0800. The van der Waals surface area contributed by atoms with E-state index >= 15 is 0 Å². The summed E-state index contributed by atoms with van der Waals surface area (Å²) in [7, 11) is 1.80. The minimum absolute atomic E-state index is 0.266. The fraction of sp³-hybridized carbons (Fsp3) is 1.00. The second-order valence-electron chi connectivity index (χ2n) is 4.96. The third-order valence-electron chi connectivity index (χ3n) is 4.01. The number of hydrogen-bond donors (Lipinski definition) is 1. The van der Waals surface area contributed by atoms with Gasteiger partial charge in [0.15, 0.2) is 0 Å². The van der Waals surface area contributed by atoms with Crippen LogP contribution in [0.5, 0.6) is 0 Å². The highest BCUT2D eigenvalue weighted by atomic mass is 16.5. The molecule has 5 atom stereocenters. The molecule has 1 N–H and O–H groups in total. The molecule has 0 heterocycles. The quantitative estimate of drug-likeness (QED) is 0.709. The van der Waals surface area contributed by atoms with E-state index in [2.05, 4.69) is 34.6 Å². The van der Waals surface area contributed by atoms with Gasteiger partial charge < -0.3 is 9.84 Å². The predicted octanol–water partition coefficient (Wildman–Crippen LogP) is 2.95. The zero-order valence-corrected chi connectivity index (χ0v) is 11.2. The van der Waals surface area contributed by atoms with Crippen molar-refractivity contribution in [3.8, 4) is 0 Å². The van der Waals surface area contributed by atoms with Crippen LogP contribution in [0.25, 0.3) is 0 Å². The summed E-state index contributed by atoms with van der Waals surface area (Å²) in [6.07, 6.45) is 1.45. The summed E-state index contributed by atoms with van der Waals surface area (Å²) in [6, 6.07) is 0. The molecule has 0 amide bonds. The predicted molar refractivity (Wildman–Crippen MR) is 64.8 cm³/mol. The van der Waals surface area contributed by atoms with Crippen molar-refractivity contribution >= 4 is 0 Å². The molecule has 0 aliphatic carbocycles. The first-order valence-electron chi connectivity index (χ1n) is 6.13. The molecule has 0 fully saturated rings. The average molecular weight is 216 g/mol. The zero-order valence-electron chi connectivity index (χ0n) is 11.2. The molecule has 0 radical (unpaired) electrons. The minimum atomic E-state index is 0.266. The van der Waals surface area contributed by atoms with Crippen LogP contribution in [0.15, 0.2) is 0 Å². The SMILES string of the molecule is CCC(C)C(OC)C(C)C(C)C(C)CO. The van der Waals surface area contributed by atoms with Crippen LogP contribution in [0.2, 0.25) is 0 Å². The number of methoxy groups -OCH3 is 1. The maximum absolute atomic E-state index is 9.16. The van der Waals surface area contributed by atoms with Crippen molar-refractivity contribution in [1.29, 1.82) is 0 Å². The summed E-state index contributed by atoms with van der Waals surface area (Å²) < 4.78 is 5.60. The molecule has 0 aliphatic rings.